The summed E-state index contributed by atoms with van der Waals surface area (Å²) in [6.45, 7) is 4.36. The lowest BCUT2D eigenvalue weighted by atomic mass is 9.96. The molecule has 2 unspecified atom stereocenters. The van der Waals surface area contributed by atoms with E-state index in [9.17, 15) is 9.90 Å². The molecular formula is C18H32O2. The molecule has 0 fully saturated rings. The molecule has 20 heavy (non-hydrogen) atoms. The second-order valence-electron chi connectivity index (χ2n) is 5.58. The minimum absolute atomic E-state index is 0.306. The summed E-state index contributed by atoms with van der Waals surface area (Å²) in [5.74, 6) is 5.52. The summed E-state index contributed by atoms with van der Waals surface area (Å²) in [6, 6.07) is 0. The molecule has 0 aliphatic carbocycles. The number of hydrogen-bond acceptors (Lipinski definition) is 2. The van der Waals surface area contributed by atoms with Crippen molar-refractivity contribution in [1.29, 1.82) is 0 Å². The van der Waals surface area contributed by atoms with Gasteiger partial charge in [-0.1, -0.05) is 71.1 Å². The highest BCUT2D eigenvalue weighted by Gasteiger charge is 2.15. The molecule has 116 valence electrons. The highest BCUT2D eigenvalue weighted by molar-refractivity contribution is 5.55. The normalized spacial score (nSPS) is 13.3. The fraction of sp³-hybridized carbons (Fsp3) is 0.833. The average Bonchev–Trinajstić information content (AvgIpc) is 2.46. The van der Waals surface area contributed by atoms with Crippen LogP contribution in [-0.4, -0.2) is 17.5 Å². The SMILES string of the molecule is CCCCCC#CC(O)C(C=O)CCCCCCCC. The second-order valence-corrected chi connectivity index (χ2v) is 5.58. The van der Waals surface area contributed by atoms with Gasteiger partial charge in [-0.2, -0.15) is 0 Å². The lowest BCUT2D eigenvalue weighted by Crippen LogP contribution is -2.20. The summed E-state index contributed by atoms with van der Waals surface area (Å²) in [4.78, 5) is 11.0. The summed E-state index contributed by atoms with van der Waals surface area (Å²) in [5, 5.41) is 9.90. The molecule has 0 bridgehead atoms. The van der Waals surface area contributed by atoms with Crippen molar-refractivity contribution in [3.8, 4) is 11.8 Å². The van der Waals surface area contributed by atoms with Crippen molar-refractivity contribution in [3.63, 3.8) is 0 Å². The number of carbonyl (C=O) groups excluding carboxylic acids is 1. The molecule has 0 rings (SSSR count). The second kappa shape index (κ2) is 14.6. The monoisotopic (exact) mass is 280 g/mol. The molecule has 0 aromatic heterocycles. The van der Waals surface area contributed by atoms with Crippen LogP contribution < -0.4 is 0 Å². The molecule has 2 heteroatoms. The van der Waals surface area contributed by atoms with Crippen LogP contribution in [0.15, 0.2) is 0 Å². The first kappa shape index (κ1) is 19.2. The van der Waals surface area contributed by atoms with Crippen LogP contribution in [0.3, 0.4) is 0 Å². The molecule has 0 aromatic carbocycles. The lowest BCUT2D eigenvalue weighted by Gasteiger charge is -2.12. The van der Waals surface area contributed by atoms with Gasteiger partial charge in [-0.15, -0.1) is 5.92 Å². The van der Waals surface area contributed by atoms with Crippen molar-refractivity contribution in [2.45, 2.75) is 90.6 Å². The summed E-state index contributed by atoms with van der Waals surface area (Å²) >= 11 is 0. The summed E-state index contributed by atoms with van der Waals surface area (Å²) in [6.07, 6.45) is 12.4. The number of aldehydes is 1. The number of hydrogen-bond donors (Lipinski definition) is 1. The van der Waals surface area contributed by atoms with Gasteiger partial charge in [-0.25, -0.2) is 0 Å². The minimum atomic E-state index is -0.773. The van der Waals surface area contributed by atoms with E-state index in [4.69, 9.17) is 0 Å². The molecule has 0 amide bonds. The van der Waals surface area contributed by atoms with Gasteiger partial charge in [0.15, 0.2) is 0 Å². The molecule has 1 N–H and O–H groups in total. The Morgan fingerprint density at radius 2 is 1.55 bits per heavy atom. The standard InChI is InChI=1S/C18H32O2/c1-3-5-7-9-11-12-14-17(16-19)18(20)15-13-10-8-6-4-2/h16-18,20H,3-12,14H2,1-2H3. The quantitative estimate of drug-likeness (QED) is 0.325. The van der Waals surface area contributed by atoms with Gasteiger partial charge in [-0.3, -0.25) is 0 Å². The van der Waals surface area contributed by atoms with Gasteiger partial charge < -0.3 is 9.90 Å². The highest BCUT2D eigenvalue weighted by atomic mass is 16.3. The van der Waals surface area contributed by atoms with Crippen LogP contribution >= 0.6 is 0 Å². The Bertz CT molecular complexity index is 275. The average molecular weight is 280 g/mol. The third-order valence-electron chi connectivity index (χ3n) is 3.63. The fourth-order valence-electron chi connectivity index (χ4n) is 2.21. The van der Waals surface area contributed by atoms with E-state index in [0.29, 0.717) is 0 Å². The van der Waals surface area contributed by atoms with E-state index < -0.39 is 6.10 Å². The van der Waals surface area contributed by atoms with Crippen LogP contribution in [-0.2, 0) is 4.79 Å². The molecule has 0 radical (unpaired) electrons. The summed E-state index contributed by atoms with van der Waals surface area (Å²) in [5.41, 5.74) is 0. The number of unbranched alkanes of at least 4 members (excludes halogenated alkanes) is 8. The Kier molecular flexibility index (Phi) is 14.0. The maximum absolute atomic E-state index is 11.0. The Morgan fingerprint density at radius 3 is 2.20 bits per heavy atom. The third kappa shape index (κ3) is 11.1. The molecule has 0 saturated heterocycles. The Labute approximate surface area is 125 Å². The smallest absolute Gasteiger partial charge is 0.126 e. The first-order valence-corrected chi connectivity index (χ1v) is 8.38. The number of rotatable bonds is 12. The van der Waals surface area contributed by atoms with Crippen molar-refractivity contribution in [3.05, 3.63) is 0 Å². The topological polar surface area (TPSA) is 37.3 Å². The van der Waals surface area contributed by atoms with Crippen LogP contribution in [0.4, 0.5) is 0 Å². The van der Waals surface area contributed by atoms with E-state index in [1.54, 1.807) is 0 Å². The van der Waals surface area contributed by atoms with Crippen molar-refractivity contribution in [1.82, 2.24) is 0 Å². The molecule has 0 saturated carbocycles. The molecule has 2 nitrogen and oxygen atoms in total. The van der Waals surface area contributed by atoms with E-state index in [1.807, 2.05) is 0 Å². The zero-order chi connectivity index (χ0) is 15.1. The summed E-state index contributed by atoms with van der Waals surface area (Å²) in [7, 11) is 0. The van der Waals surface area contributed by atoms with Crippen LogP contribution in [0.25, 0.3) is 0 Å². The maximum atomic E-state index is 11.0. The van der Waals surface area contributed by atoms with Gasteiger partial charge >= 0.3 is 0 Å². The summed E-state index contributed by atoms with van der Waals surface area (Å²) < 4.78 is 0. The van der Waals surface area contributed by atoms with Gasteiger partial charge in [0.1, 0.15) is 12.4 Å². The predicted molar refractivity (Wildman–Crippen MR) is 85.5 cm³/mol. The number of carbonyl (C=O) groups is 1. The molecule has 0 aromatic rings. The largest absolute Gasteiger partial charge is 0.380 e. The minimum Gasteiger partial charge on any atom is -0.380 e. The van der Waals surface area contributed by atoms with Crippen LogP contribution in [0, 0.1) is 17.8 Å². The molecule has 0 aliphatic rings. The molecule has 0 heterocycles. The molecule has 0 aliphatic heterocycles. The predicted octanol–water partition coefficient (Wildman–Crippen LogP) is 4.50. The van der Waals surface area contributed by atoms with Gasteiger partial charge in [0.25, 0.3) is 0 Å². The van der Waals surface area contributed by atoms with E-state index in [-0.39, 0.29) is 5.92 Å². The van der Waals surface area contributed by atoms with Crippen LogP contribution in [0.5, 0.6) is 0 Å². The van der Waals surface area contributed by atoms with Crippen LogP contribution in [0.2, 0.25) is 0 Å². The zero-order valence-corrected chi connectivity index (χ0v) is 13.4. The van der Waals surface area contributed by atoms with Gasteiger partial charge in [-0.05, 0) is 12.8 Å². The van der Waals surface area contributed by atoms with E-state index >= 15 is 0 Å². The Balaban J connectivity index is 3.78. The van der Waals surface area contributed by atoms with Crippen molar-refractivity contribution in [2.75, 3.05) is 0 Å². The highest BCUT2D eigenvalue weighted by Crippen LogP contribution is 2.14. The Morgan fingerprint density at radius 1 is 0.950 bits per heavy atom. The molecule has 0 spiro atoms. The van der Waals surface area contributed by atoms with Gasteiger partial charge in [0, 0.05) is 6.42 Å². The van der Waals surface area contributed by atoms with E-state index in [0.717, 1.165) is 38.4 Å². The zero-order valence-electron chi connectivity index (χ0n) is 13.4. The number of aliphatic hydroxyl groups excluding tert-OH is 1. The maximum Gasteiger partial charge on any atom is 0.126 e. The van der Waals surface area contributed by atoms with Crippen molar-refractivity contribution in [2.24, 2.45) is 5.92 Å². The fourth-order valence-corrected chi connectivity index (χ4v) is 2.21. The van der Waals surface area contributed by atoms with Gasteiger partial charge in [0.05, 0.1) is 5.92 Å². The third-order valence-corrected chi connectivity index (χ3v) is 3.63. The lowest BCUT2D eigenvalue weighted by molar-refractivity contribution is -0.113. The van der Waals surface area contributed by atoms with Crippen LogP contribution in [0.1, 0.15) is 84.5 Å². The Hall–Kier alpha value is -0.810. The first-order valence-electron chi connectivity index (χ1n) is 8.38. The van der Waals surface area contributed by atoms with E-state index in [2.05, 4.69) is 25.7 Å². The molecule has 2 atom stereocenters. The number of aliphatic hydroxyl groups is 1. The molecular weight excluding hydrogens is 248 g/mol. The van der Waals surface area contributed by atoms with E-state index in [1.165, 1.54) is 38.5 Å². The van der Waals surface area contributed by atoms with Gasteiger partial charge in [0.2, 0.25) is 0 Å². The first-order chi connectivity index (χ1) is 9.76. The van der Waals surface area contributed by atoms with Crippen molar-refractivity contribution >= 4 is 6.29 Å². The van der Waals surface area contributed by atoms with Crippen molar-refractivity contribution < 1.29 is 9.90 Å².